The Bertz CT molecular complexity index is 2590. The molecular formula is C58H64N2O10. The van der Waals surface area contributed by atoms with E-state index in [-0.39, 0.29) is 23.8 Å². The lowest BCUT2D eigenvalue weighted by Gasteiger charge is -2.33. The Morgan fingerprint density at radius 1 is 0.529 bits per heavy atom. The first-order chi connectivity index (χ1) is 34.4. The minimum absolute atomic E-state index is 0.00333. The van der Waals surface area contributed by atoms with E-state index in [9.17, 15) is 9.59 Å². The lowest BCUT2D eigenvalue weighted by Crippen LogP contribution is -2.20. The van der Waals surface area contributed by atoms with E-state index >= 15 is 0 Å². The number of allylic oxidation sites excluding steroid dienone is 3. The minimum atomic E-state index is -0.380. The molecule has 0 aliphatic heterocycles. The van der Waals surface area contributed by atoms with Crippen molar-refractivity contribution in [3.05, 3.63) is 169 Å². The Hall–Kier alpha value is -7.18. The number of carbonyl (C=O) groups is 2. The highest BCUT2D eigenvalue weighted by Crippen LogP contribution is 2.50. The van der Waals surface area contributed by atoms with Crippen LogP contribution in [0.25, 0.3) is 22.3 Å². The van der Waals surface area contributed by atoms with E-state index in [2.05, 4.69) is 50.1 Å². The molecule has 0 N–H and O–H groups in total. The number of carbonyl (C=O) groups excluding carboxylic acids is 2. The zero-order chi connectivity index (χ0) is 48.8. The van der Waals surface area contributed by atoms with E-state index in [1.165, 1.54) is 12.2 Å². The van der Waals surface area contributed by atoms with Crippen LogP contribution in [0, 0.1) is 0 Å². The lowest BCUT2D eigenvalue weighted by molar-refractivity contribution is -0.138. The second-order valence-corrected chi connectivity index (χ2v) is 17.0. The second-order valence-electron chi connectivity index (χ2n) is 17.0. The van der Waals surface area contributed by atoms with Crippen LogP contribution in [0.3, 0.4) is 0 Å². The van der Waals surface area contributed by atoms with Gasteiger partial charge in [-0.05, 0) is 135 Å². The molecule has 5 aromatic rings. The van der Waals surface area contributed by atoms with Gasteiger partial charge in [-0.15, -0.1) is 6.58 Å². The summed E-state index contributed by atoms with van der Waals surface area (Å²) in [6.45, 7) is 14.9. The Morgan fingerprint density at radius 2 is 1.10 bits per heavy atom. The highest BCUT2D eigenvalue weighted by Gasteiger charge is 2.36. The van der Waals surface area contributed by atoms with Crippen LogP contribution in [0.5, 0.6) is 23.0 Å². The molecular weight excluding hydrogens is 885 g/mol. The molecule has 0 fully saturated rings. The van der Waals surface area contributed by atoms with Crippen LogP contribution in [0.15, 0.2) is 147 Å². The van der Waals surface area contributed by atoms with Crippen LogP contribution < -0.4 is 18.9 Å². The van der Waals surface area contributed by atoms with E-state index in [1.54, 1.807) is 0 Å². The summed E-state index contributed by atoms with van der Waals surface area (Å²) >= 11 is 0. The van der Waals surface area contributed by atoms with E-state index in [0.29, 0.717) is 65.2 Å². The summed E-state index contributed by atoms with van der Waals surface area (Å²) in [7, 11) is 0. The average molecular weight is 949 g/mol. The number of rotatable bonds is 31. The standard InChI is InChI=1S/C58H64N2O10/c1-4-7-30-63-35-36-66-48-26-29-53-54(39-48)60-58-52-38-47(70-41-43-18-22-45(23-19-43)65-32-13-9-11-15-34-68-56(62)6-3)25-28-50(52)49-27-24-46(37-51(49)57(58)59-53)69-40-42-16-20-44(21-17-42)64-31-12-8-10-14-33-67-55(61)5-2/h4-6,16-29,37-39,50,52H,1-3,7-15,30-36,40-41H2. The fourth-order valence-electron chi connectivity index (χ4n) is 8.13. The van der Waals surface area contributed by atoms with Crippen LogP contribution in [0.2, 0.25) is 0 Å². The van der Waals surface area contributed by atoms with Crippen molar-refractivity contribution in [3.63, 3.8) is 0 Å². The maximum absolute atomic E-state index is 11.2. The molecule has 0 spiro atoms. The van der Waals surface area contributed by atoms with Crippen molar-refractivity contribution in [2.45, 2.75) is 82.8 Å². The molecule has 12 heteroatoms. The third-order valence-corrected chi connectivity index (χ3v) is 11.9. The van der Waals surface area contributed by atoms with Crippen molar-refractivity contribution in [3.8, 4) is 34.3 Å². The van der Waals surface area contributed by atoms with Gasteiger partial charge >= 0.3 is 11.9 Å². The molecule has 4 aromatic carbocycles. The molecule has 2 aliphatic carbocycles. The molecule has 366 valence electrons. The molecule has 0 radical (unpaired) electrons. The molecule has 70 heavy (non-hydrogen) atoms. The Kier molecular flexibility index (Phi) is 19.6. The van der Waals surface area contributed by atoms with Gasteiger partial charge in [0.15, 0.2) is 0 Å². The van der Waals surface area contributed by atoms with Crippen LogP contribution in [-0.4, -0.2) is 68.2 Å². The molecule has 12 nitrogen and oxygen atoms in total. The first kappa shape index (κ1) is 50.7. The molecule has 1 aromatic heterocycles. The van der Waals surface area contributed by atoms with Crippen molar-refractivity contribution in [2.75, 3.05) is 46.2 Å². The predicted molar refractivity (Wildman–Crippen MR) is 271 cm³/mol. The molecule has 2 unspecified atom stereocenters. The monoisotopic (exact) mass is 948 g/mol. The quantitative estimate of drug-likeness (QED) is 0.0181. The number of benzene rings is 4. The fraction of sp³-hybridized carbons (Fsp3) is 0.345. The van der Waals surface area contributed by atoms with E-state index in [4.69, 9.17) is 47.9 Å². The topological polar surface area (TPSA) is 134 Å². The highest BCUT2D eigenvalue weighted by molar-refractivity contribution is 5.83. The third-order valence-electron chi connectivity index (χ3n) is 11.9. The van der Waals surface area contributed by atoms with Crippen LogP contribution in [0.1, 0.15) is 92.0 Å². The number of nitrogens with zero attached hydrogens (tertiary/aromatic N) is 2. The SMILES string of the molecule is C=CCCOCCOc1ccc2nc3c(nc2c1)C1C=C(OCc2ccc(OCCCCCCOC(=O)C=C)cc2)C=CC1c1ccc(OCc2ccc(OCCCCCCOC(=O)C=C)cc2)cc1-3. The first-order valence-electron chi connectivity index (χ1n) is 24.4. The van der Waals surface area contributed by atoms with E-state index in [0.717, 1.165) is 125 Å². The van der Waals surface area contributed by atoms with Gasteiger partial charge in [0.05, 0.1) is 62.1 Å². The Morgan fingerprint density at radius 3 is 1.73 bits per heavy atom. The maximum Gasteiger partial charge on any atom is 0.330 e. The van der Waals surface area contributed by atoms with Gasteiger partial charge in [-0.2, -0.15) is 0 Å². The lowest BCUT2D eigenvalue weighted by atomic mass is 9.73. The molecule has 0 saturated carbocycles. The number of ether oxygens (including phenoxy) is 8. The molecule has 2 atom stereocenters. The normalized spacial score (nSPS) is 14.3. The number of esters is 2. The summed E-state index contributed by atoms with van der Waals surface area (Å²) < 4.78 is 46.6. The van der Waals surface area contributed by atoms with Crippen molar-refractivity contribution < 1.29 is 47.5 Å². The molecule has 0 saturated heterocycles. The van der Waals surface area contributed by atoms with Gasteiger partial charge in [-0.3, -0.25) is 0 Å². The average Bonchev–Trinajstić information content (AvgIpc) is 3.39. The molecule has 1 heterocycles. The zero-order valence-corrected chi connectivity index (χ0v) is 40.0. The van der Waals surface area contributed by atoms with Gasteiger partial charge in [-0.1, -0.05) is 55.6 Å². The molecule has 0 bridgehead atoms. The summed E-state index contributed by atoms with van der Waals surface area (Å²) in [5.74, 6) is 2.95. The van der Waals surface area contributed by atoms with Gasteiger partial charge in [0, 0.05) is 35.6 Å². The maximum atomic E-state index is 11.2. The Balaban J connectivity index is 0.982. The van der Waals surface area contributed by atoms with Gasteiger partial charge in [0.25, 0.3) is 0 Å². The Labute approximate surface area is 411 Å². The van der Waals surface area contributed by atoms with Crippen molar-refractivity contribution in [2.24, 2.45) is 0 Å². The number of hydrogen-bond acceptors (Lipinski definition) is 12. The minimum Gasteiger partial charge on any atom is -0.494 e. The van der Waals surface area contributed by atoms with Gasteiger partial charge < -0.3 is 37.9 Å². The van der Waals surface area contributed by atoms with Crippen molar-refractivity contribution >= 4 is 23.0 Å². The second kappa shape index (κ2) is 27.1. The van der Waals surface area contributed by atoms with Crippen molar-refractivity contribution in [1.82, 2.24) is 9.97 Å². The highest BCUT2D eigenvalue weighted by atomic mass is 16.5. The van der Waals surface area contributed by atoms with Crippen LogP contribution in [0.4, 0.5) is 0 Å². The number of fused-ring (bicyclic) bond motifs is 7. The molecule has 0 amide bonds. The smallest absolute Gasteiger partial charge is 0.330 e. The third kappa shape index (κ3) is 15.2. The number of hydrogen-bond donors (Lipinski definition) is 0. The summed E-state index contributed by atoms with van der Waals surface area (Å²) in [4.78, 5) is 32.9. The van der Waals surface area contributed by atoms with Crippen LogP contribution in [-0.2, 0) is 41.8 Å². The zero-order valence-electron chi connectivity index (χ0n) is 40.0. The van der Waals surface area contributed by atoms with Gasteiger partial charge in [0.1, 0.15) is 48.6 Å². The molecule has 7 rings (SSSR count). The first-order valence-corrected chi connectivity index (χ1v) is 24.4. The largest absolute Gasteiger partial charge is 0.494 e. The fourth-order valence-corrected chi connectivity index (χ4v) is 8.13. The number of unbranched alkanes of at least 4 members (excludes halogenated alkanes) is 6. The summed E-state index contributed by atoms with van der Waals surface area (Å²) in [5.41, 5.74) is 7.36. The predicted octanol–water partition coefficient (Wildman–Crippen LogP) is 12.0. The van der Waals surface area contributed by atoms with Gasteiger partial charge in [0.2, 0.25) is 0 Å². The van der Waals surface area contributed by atoms with E-state index < -0.39 is 0 Å². The van der Waals surface area contributed by atoms with Crippen molar-refractivity contribution in [1.29, 1.82) is 0 Å². The van der Waals surface area contributed by atoms with Gasteiger partial charge in [-0.25, -0.2) is 19.6 Å². The number of aromatic nitrogens is 2. The van der Waals surface area contributed by atoms with Crippen LogP contribution >= 0.6 is 0 Å². The summed E-state index contributed by atoms with van der Waals surface area (Å²) in [6, 6.07) is 28.1. The summed E-state index contributed by atoms with van der Waals surface area (Å²) in [5, 5.41) is 0. The summed E-state index contributed by atoms with van der Waals surface area (Å²) in [6.07, 6.45) is 18.8. The molecule has 2 aliphatic rings. The van der Waals surface area contributed by atoms with E-state index in [1.807, 2.05) is 78.9 Å².